The van der Waals surface area contributed by atoms with Gasteiger partial charge in [-0.05, 0) is 51.4 Å². The molecule has 0 unspecified atom stereocenters. The van der Waals surface area contributed by atoms with Crippen LogP contribution in [0.4, 0.5) is 0 Å². The molecule has 0 aliphatic heterocycles. The maximum absolute atomic E-state index is 11.5. The average molecular weight is 224 g/mol. The summed E-state index contributed by atoms with van der Waals surface area (Å²) in [7, 11) is 0. The van der Waals surface area contributed by atoms with Crippen molar-refractivity contribution < 1.29 is 9.90 Å². The highest BCUT2D eigenvalue weighted by Crippen LogP contribution is 2.44. The summed E-state index contributed by atoms with van der Waals surface area (Å²) in [5.74, 6) is 0.153. The molecule has 1 aliphatic carbocycles. The number of hydrogen-bond acceptors (Lipinski definition) is 1. The molecule has 0 radical (unpaired) electrons. The molecule has 0 amide bonds. The largest absolute Gasteiger partial charge is 0.481 e. The van der Waals surface area contributed by atoms with Crippen LogP contribution in [0.15, 0.2) is 12.2 Å². The van der Waals surface area contributed by atoms with Gasteiger partial charge in [-0.1, -0.05) is 18.9 Å². The van der Waals surface area contributed by atoms with Gasteiger partial charge < -0.3 is 5.11 Å². The van der Waals surface area contributed by atoms with Crippen LogP contribution in [-0.2, 0) is 4.79 Å². The highest BCUT2D eigenvalue weighted by molar-refractivity contribution is 5.74. The Morgan fingerprint density at radius 1 is 1.44 bits per heavy atom. The SMILES string of the molecule is C=C(C)CCC1(C(=O)O)CCC(CC)CC1. The van der Waals surface area contributed by atoms with Gasteiger partial charge in [-0.2, -0.15) is 0 Å². The second kappa shape index (κ2) is 5.51. The van der Waals surface area contributed by atoms with Crippen molar-refractivity contribution in [2.75, 3.05) is 0 Å². The van der Waals surface area contributed by atoms with E-state index in [-0.39, 0.29) is 0 Å². The second-order valence-electron chi connectivity index (χ2n) is 5.39. The molecule has 1 saturated carbocycles. The van der Waals surface area contributed by atoms with Gasteiger partial charge in [0.15, 0.2) is 0 Å². The number of rotatable bonds is 5. The molecule has 16 heavy (non-hydrogen) atoms. The minimum absolute atomic E-state index is 0.454. The third kappa shape index (κ3) is 3.10. The first-order valence-corrected chi connectivity index (χ1v) is 6.38. The molecule has 0 heterocycles. The summed E-state index contributed by atoms with van der Waals surface area (Å²) in [4.78, 5) is 11.5. The van der Waals surface area contributed by atoms with Crippen molar-refractivity contribution >= 4 is 5.97 Å². The number of hydrogen-bond donors (Lipinski definition) is 1. The fourth-order valence-corrected chi connectivity index (χ4v) is 2.66. The maximum atomic E-state index is 11.5. The van der Waals surface area contributed by atoms with Crippen LogP contribution in [0.25, 0.3) is 0 Å². The first-order valence-electron chi connectivity index (χ1n) is 6.38. The van der Waals surface area contributed by atoms with E-state index < -0.39 is 11.4 Å². The van der Waals surface area contributed by atoms with E-state index in [1.165, 1.54) is 6.42 Å². The van der Waals surface area contributed by atoms with Gasteiger partial charge in [0.1, 0.15) is 0 Å². The fraction of sp³-hybridized carbons (Fsp3) is 0.786. The Hall–Kier alpha value is -0.790. The zero-order valence-corrected chi connectivity index (χ0v) is 10.6. The van der Waals surface area contributed by atoms with E-state index in [2.05, 4.69) is 13.5 Å². The summed E-state index contributed by atoms with van der Waals surface area (Å²) in [6.07, 6.45) is 6.69. The molecule has 2 heteroatoms. The van der Waals surface area contributed by atoms with E-state index in [9.17, 15) is 9.90 Å². The van der Waals surface area contributed by atoms with Crippen LogP contribution < -0.4 is 0 Å². The van der Waals surface area contributed by atoms with E-state index in [1.807, 2.05) is 6.92 Å². The molecule has 92 valence electrons. The van der Waals surface area contributed by atoms with Gasteiger partial charge >= 0.3 is 5.97 Å². The molecule has 0 atom stereocenters. The number of carbonyl (C=O) groups is 1. The van der Waals surface area contributed by atoms with Gasteiger partial charge in [-0.15, -0.1) is 6.58 Å². The van der Waals surface area contributed by atoms with Gasteiger partial charge in [-0.3, -0.25) is 4.79 Å². The van der Waals surface area contributed by atoms with Crippen LogP contribution in [0.1, 0.15) is 58.8 Å². The molecule has 0 aromatic carbocycles. The number of carboxylic acid groups (broad SMARTS) is 1. The summed E-state index contributed by atoms with van der Waals surface area (Å²) in [5.41, 5.74) is 0.642. The summed E-state index contributed by atoms with van der Waals surface area (Å²) >= 11 is 0. The number of allylic oxidation sites excluding steroid dienone is 1. The standard InChI is InChI=1S/C14H24O2/c1-4-12-6-9-14(10-7-12,13(15)16)8-5-11(2)3/h12H,2,4-10H2,1,3H3,(H,15,16). The van der Waals surface area contributed by atoms with E-state index in [0.29, 0.717) is 0 Å². The zero-order chi connectivity index (χ0) is 12.2. The topological polar surface area (TPSA) is 37.3 Å². The monoisotopic (exact) mass is 224 g/mol. The van der Waals surface area contributed by atoms with Crippen LogP contribution in [0, 0.1) is 11.3 Å². The molecule has 0 bridgehead atoms. The van der Waals surface area contributed by atoms with Crippen molar-refractivity contribution in [1.82, 2.24) is 0 Å². The predicted molar refractivity (Wildman–Crippen MR) is 66.4 cm³/mol. The van der Waals surface area contributed by atoms with Gasteiger partial charge in [0.05, 0.1) is 5.41 Å². The molecular formula is C14H24O2. The van der Waals surface area contributed by atoms with Crippen LogP contribution in [0.2, 0.25) is 0 Å². The van der Waals surface area contributed by atoms with Gasteiger partial charge in [0, 0.05) is 0 Å². The summed E-state index contributed by atoms with van der Waals surface area (Å²) in [6.45, 7) is 8.05. The predicted octanol–water partition coefficient (Wildman–Crippen LogP) is 4.01. The second-order valence-corrected chi connectivity index (χ2v) is 5.39. The van der Waals surface area contributed by atoms with Crippen LogP contribution in [0.3, 0.4) is 0 Å². The molecule has 1 N–H and O–H groups in total. The third-order valence-corrected chi connectivity index (χ3v) is 4.12. The molecule has 0 saturated heterocycles. The molecule has 1 fully saturated rings. The number of carboxylic acids is 1. The van der Waals surface area contributed by atoms with Crippen LogP contribution in [-0.4, -0.2) is 11.1 Å². The molecular weight excluding hydrogens is 200 g/mol. The summed E-state index contributed by atoms with van der Waals surface area (Å²) in [6, 6.07) is 0. The van der Waals surface area contributed by atoms with E-state index in [0.717, 1.165) is 50.0 Å². The van der Waals surface area contributed by atoms with Crippen molar-refractivity contribution in [1.29, 1.82) is 0 Å². The molecule has 2 nitrogen and oxygen atoms in total. The summed E-state index contributed by atoms with van der Waals surface area (Å²) in [5, 5.41) is 9.43. The summed E-state index contributed by atoms with van der Waals surface area (Å²) < 4.78 is 0. The van der Waals surface area contributed by atoms with Crippen molar-refractivity contribution in [3.8, 4) is 0 Å². The average Bonchev–Trinajstić information content (AvgIpc) is 2.26. The highest BCUT2D eigenvalue weighted by Gasteiger charge is 2.40. The lowest BCUT2D eigenvalue weighted by Crippen LogP contribution is -2.35. The molecule has 1 aliphatic rings. The quantitative estimate of drug-likeness (QED) is 0.716. The highest BCUT2D eigenvalue weighted by atomic mass is 16.4. The van der Waals surface area contributed by atoms with Gasteiger partial charge in [0.2, 0.25) is 0 Å². The van der Waals surface area contributed by atoms with Crippen molar-refractivity contribution in [2.24, 2.45) is 11.3 Å². The molecule has 0 aromatic rings. The zero-order valence-electron chi connectivity index (χ0n) is 10.6. The Labute approximate surface area is 98.7 Å². The Morgan fingerprint density at radius 3 is 2.38 bits per heavy atom. The maximum Gasteiger partial charge on any atom is 0.309 e. The van der Waals surface area contributed by atoms with Crippen molar-refractivity contribution in [3.63, 3.8) is 0 Å². The third-order valence-electron chi connectivity index (χ3n) is 4.12. The van der Waals surface area contributed by atoms with E-state index in [1.54, 1.807) is 0 Å². The number of aliphatic carboxylic acids is 1. The lowest BCUT2D eigenvalue weighted by Gasteiger charge is -2.36. The first-order chi connectivity index (χ1) is 7.50. The van der Waals surface area contributed by atoms with Crippen LogP contribution in [0.5, 0.6) is 0 Å². The van der Waals surface area contributed by atoms with Crippen molar-refractivity contribution in [2.45, 2.75) is 58.8 Å². The van der Waals surface area contributed by atoms with Gasteiger partial charge in [0.25, 0.3) is 0 Å². The molecule has 0 aromatic heterocycles. The van der Waals surface area contributed by atoms with E-state index >= 15 is 0 Å². The lowest BCUT2D eigenvalue weighted by molar-refractivity contribution is -0.152. The minimum atomic E-state index is -0.594. The van der Waals surface area contributed by atoms with Crippen LogP contribution >= 0.6 is 0 Å². The molecule has 1 rings (SSSR count). The van der Waals surface area contributed by atoms with Gasteiger partial charge in [-0.25, -0.2) is 0 Å². The normalized spacial score (nSPS) is 30.0. The fourth-order valence-electron chi connectivity index (χ4n) is 2.66. The lowest BCUT2D eigenvalue weighted by atomic mass is 9.67. The Bertz CT molecular complexity index is 260. The molecule has 0 spiro atoms. The Kier molecular flexibility index (Phi) is 4.57. The Morgan fingerprint density at radius 2 is 2.00 bits per heavy atom. The van der Waals surface area contributed by atoms with Crippen molar-refractivity contribution in [3.05, 3.63) is 12.2 Å². The Balaban J connectivity index is 2.61. The van der Waals surface area contributed by atoms with E-state index in [4.69, 9.17) is 0 Å². The minimum Gasteiger partial charge on any atom is -0.481 e. The first kappa shape index (κ1) is 13.3. The smallest absolute Gasteiger partial charge is 0.309 e.